The molecule has 4 nitrogen and oxygen atoms in total. The summed E-state index contributed by atoms with van der Waals surface area (Å²) >= 11 is 12.2. The molecule has 6 heteroatoms. The second-order valence-electron chi connectivity index (χ2n) is 4.37. The van der Waals surface area contributed by atoms with E-state index < -0.39 is 4.92 Å². The first-order chi connectivity index (χ1) is 9.47. The number of halogens is 2. The van der Waals surface area contributed by atoms with Crippen LogP contribution in [0.5, 0.6) is 0 Å². The molecule has 0 bridgehead atoms. The summed E-state index contributed by atoms with van der Waals surface area (Å²) in [7, 11) is 0. The maximum absolute atomic E-state index is 10.8. The van der Waals surface area contributed by atoms with Crippen LogP contribution in [0.25, 0.3) is 0 Å². The first-order valence-electron chi connectivity index (χ1n) is 5.90. The molecule has 0 saturated heterocycles. The van der Waals surface area contributed by atoms with Gasteiger partial charge in [-0.15, -0.1) is 0 Å². The fourth-order valence-electron chi connectivity index (χ4n) is 1.76. The number of hydrogen-bond donors (Lipinski definition) is 1. The highest BCUT2D eigenvalue weighted by Gasteiger charge is 2.10. The molecule has 0 fully saturated rings. The van der Waals surface area contributed by atoms with Crippen LogP contribution in [-0.4, -0.2) is 4.92 Å². The van der Waals surface area contributed by atoms with Gasteiger partial charge in [-0.2, -0.15) is 0 Å². The minimum absolute atomic E-state index is 0.0150. The number of aryl methyl sites for hydroxylation is 1. The number of rotatable bonds is 4. The molecule has 104 valence electrons. The van der Waals surface area contributed by atoms with Gasteiger partial charge in [0.1, 0.15) is 0 Å². The van der Waals surface area contributed by atoms with Gasteiger partial charge in [-0.3, -0.25) is 10.1 Å². The molecule has 1 N–H and O–H groups in total. The Hall–Kier alpha value is -1.78. The fraction of sp³-hybridized carbons (Fsp3) is 0.143. The van der Waals surface area contributed by atoms with Gasteiger partial charge in [0, 0.05) is 23.7 Å². The highest BCUT2D eigenvalue weighted by Crippen LogP contribution is 2.26. The van der Waals surface area contributed by atoms with Crippen LogP contribution in [-0.2, 0) is 6.54 Å². The van der Waals surface area contributed by atoms with Gasteiger partial charge in [-0.1, -0.05) is 29.3 Å². The molecule has 0 spiro atoms. The van der Waals surface area contributed by atoms with Gasteiger partial charge >= 0.3 is 0 Å². The first-order valence-corrected chi connectivity index (χ1v) is 6.66. The first kappa shape index (κ1) is 14.6. The Bertz CT molecular complexity index is 660. The zero-order valence-electron chi connectivity index (χ0n) is 10.7. The molecular weight excluding hydrogens is 299 g/mol. The largest absolute Gasteiger partial charge is 0.380 e. The number of nitrogens with one attached hydrogen (secondary N) is 1. The molecule has 0 unspecified atom stereocenters. The lowest BCUT2D eigenvalue weighted by Gasteiger charge is -2.10. The van der Waals surface area contributed by atoms with Gasteiger partial charge in [0.2, 0.25) is 0 Å². The maximum atomic E-state index is 10.8. The molecule has 0 aliphatic heterocycles. The van der Waals surface area contributed by atoms with E-state index >= 15 is 0 Å². The van der Waals surface area contributed by atoms with E-state index in [1.807, 2.05) is 25.1 Å². The Morgan fingerprint density at radius 1 is 1.15 bits per heavy atom. The molecule has 0 atom stereocenters. The van der Waals surface area contributed by atoms with Gasteiger partial charge in [0.15, 0.2) is 0 Å². The lowest BCUT2D eigenvalue weighted by molar-refractivity contribution is -0.384. The highest BCUT2D eigenvalue weighted by molar-refractivity contribution is 6.33. The molecule has 2 aromatic carbocycles. The van der Waals surface area contributed by atoms with Crippen LogP contribution in [0.3, 0.4) is 0 Å². The Morgan fingerprint density at radius 2 is 1.90 bits per heavy atom. The third-order valence-electron chi connectivity index (χ3n) is 2.83. The van der Waals surface area contributed by atoms with E-state index in [0.717, 1.165) is 11.3 Å². The minimum Gasteiger partial charge on any atom is -0.380 e. The molecule has 0 aliphatic carbocycles. The van der Waals surface area contributed by atoms with Crippen molar-refractivity contribution in [3.8, 4) is 0 Å². The van der Waals surface area contributed by atoms with Crippen molar-refractivity contribution < 1.29 is 4.92 Å². The molecule has 2 rings (SSSR count). The SMILES string of the molecule is Cc1ccc(NCc2cc([N+](=O)[O-])ccc2Cl)c(Cl)c1. The summed E-state index contributed by atoms with van der Waals surface area (Å²) in [5.74, 6) is 0. The van der Waals surface area contributed by atoms with Crippen molar-refractivity contribution in [2.45, 2.75) is 13.5 Å². The van der Waals surface area contributed by atoms with Crippen molar-refractivity contribution in [1.82, 2.24) is 0 Å². The quantitative estimate of drug-likeness (QED) is 0.650. The molecule has 0 aliphatic rings. The number of benzene rings is 2. The summed E-state index contributed by atoms with van der Waals surface area (Å²) in [6, 6.07) is 10.0. The number of nitrogens with zero attached hydrogens (tertiary/aromatic N) is 1. The van der Waals surface area contributed by atoms with E-state index in [9.17, 15) is 10.1 Å². The Balaban J connectivity index is 2.18. The number of nitro groups is 1. The summed E-state index contributed by atoms with van der Waals surface area (Å²) in [4.78, 5) is 10.3. The third kappa shape index (κ3) is 3.40. The Kier molecular flexibility index (Phi) is 4.47. The summed E-state index contributed by atoms with van der Waals surface area (Å²) in [6.45, 7) is 2.32. The van der Waals surface area contributed by atoms with Gasteiger partial charge in [0.25, 0.3) is 5.69 Å². The van der Waals surface area contributed by atoms with Crippen LogP contribution < -0.4 is 5.32 Å². The van der Waals surface area contributed by atoms with E-state index in [1.165, 1.54) is 18.2 Å². The molecule has 2 aromatic rings. The normalized spacial score (nSPS) is 10.3. The van der Waals surface area contributed by atoms with Crippen LogP contribution in [0, 0.1) is 17.0 Å². The van der Waals surface area contributed by atoms with E-state index in [0.29, 0.717) is 22.2 Å². The monoisotopic (exact) mass is 310 g/mol. The second-order valence-corrected chi connectivity index (χ2v) is 5.18. The maximum Gasteiger partial charge on any atom is 0.269 e. The zero-order chi connectivity index (χ0) is 14.7. The zero-order valence-corrected chi connectivity index (χ0v) is 12.2. The van der Waals surface area contributed by atoms with Crippen LogP contribution in [0.2, 0.25) is 10.0 Å². The van der Waals surface area contributed by atoms with Gasteiger partial charge in [-0.25, -0.2) is 0 Å². The summed E-state index contributed by atoms with van der Waals surface area (Å²) in [6.07, 6.45) is 0. The van der Waals surface area contributed by atoms with Gasteiger partial charge < -0.3 is 5.32 Å². The van der Waals surface area contributed by atoms with Gasteiger partial charge in [0.05, 0.1) is 15.6 Å². The summed E-state index contributed by atoms with van der Waals surface area (Å²) in [5.41, 5.74) is 2.49. The van der Waals surface area contributed by atoms with Gasteiger partial charge in [-0.05, 0) is 36.2 Å². The average molecular weight is 311 g/mol. The molecule has 0 radical (unpaired) electrons. The number of non-ortho nitro benzene ring substituents is 1. The van der Waals surface area contributed by atoms with Crippen molar-refractivity contribution >= 4 is 34.6 Å². The topological polar surface area (TPSA) is 55.2 Å². The van der Waals surface area contributed by atoms with E-state index in [1.54, 1.807) is 0 Å². The van der Waals surface area contributed by atoms with Crippen LogP contribution in [0.4, 0.5) is 11.4 Å². The van der Waals surface area contributed by atoms with Crippen molar-refractivity contribution in [2.75, 3.05) is 5.32 Å². The number of anilines is 1. The number of hydrogen-bond acceptors (Lipinski definition) is 3. The fourth-order valence-corrected chi connectivity index (χ4v) is 2.25. The molecule has 0 aromatic heterocycles. The third-order valence-corrected chi connectivity index (χ3v) is 3.52. The molecule has 0 amide bonds. The highest BCUT2D eigenvalue weighted by atomic mass is 35.5. The lowest BCUT2D eigenvalue weighted by atomic mass is 10.2. The molecule has 0 saturated carbocycles. The van der Waals surface area contributed by atoms with Crippen molar-refractivity contribution in [1.29, 1.82) is 0 Å². The summed E-state index contributed by atoms with van der Waals surface area (Å²) < 4.78 is 0. The van der Waals surface area contributed by atoms with Crippen LogP contribution in [0.15, 0.2) is 36.4 Å². The predicted molar refractivity (Wildman–Crippen MR) is 81.6 cm³/mol. The van der Waals surface area contributed by atoms with Crippen molar-refractivity contribution in [2.24, 2.45) is 0 Å². The van der Waals surface area contributed by atoms with Crippen molar-refractivity contribution in [3.63, 3.8) is 0 Å². The van der Waals surface area contributed by atoms with E-state index in [4.69, 9.17) is 23.2 Å². The minimum atomic E-state index is -0.446. The Morgan fingerprint density at radius 3 is 2.55 bits per heavy atom. The standard InChI is InChI=1S/C14H12Cl2N2O2/c1-9-2-5-14(13(16)6-9)17-8-10-7-11(18(19)20)3-4-12(10)15/h2-7,17H,8H2,1H3. The van der Waals surface area contributed by atoms with E-state index in [2.05, 4.69) is 5.32 Å². The lowest BCUT2D eigenvalue weighted by Crippen LogP contribution is -2.01. The molecule has 0 heterocycles. The van der Waals surface area contributed by atoms with Crippen molar-refractivity contribution in [3.05, 3.63) is 67.7 Å². The average Bonchev–Trinajstić information content (AvgIpc) is 2.39. The molecule has 20 heavy (non-hydrogen) atoms. The second kappa shape index (κ2) is 6.11. The van der Waals surface area contributed by atoms with Crippen LogP contribution >= 0.6 is 23.2 Å². The van der Waals surface area contributed by atoms with Crippen LogP contribution in [0.1, 0.15) is 11.1 Å². The smallest absolute Gasteiger partial charge is 0.269 e. The number of nitro benzene ring substituents is 1. The predicted octanol–water partition coefficient (Wildman–Crippen LogP) is 4.82. The molecular formula is C14H12Cl2N2O2. The summed E-state index contributed by atoms with van der Waals surface area (Å²) in [5, 5.41) is 15.0. The Labute approximate surface area is 126 Å². The van der Waals surface area contributed by atoms with E-state index in [-0.39, 0.29) is 5.69 Å².